The number of rotatable bonds is 12. The average Bonchev–Trinajstić information content (AvgIpc) is 3.52. The first kappa shape index (κ1) is 29.5. The third kappa shape index (κ3) is 4.98. The minimum Gasteiger partial charge on any atom is -0.394 e. The van der Waals surface area contributed by atoms with E-state index in [9.17, 15) is 19.5 Å². The predicted molar refractivity (Wildman–Crippen MR) is 153 cm³/mol. The van der Waals surface area contributed by atoms with Crippen LogP contribution in [0.1, 0.15) is 32.3 Å². The Balaban J connectivity index is 1.82. The fraction of sp³-hybridized carbons (Fsp3) is 0.567. The summed E-state index contributed by atoms with van der Waals surface area (Å²) in [5, 5.41) is 10.5. The van der Waals surface area contributed by atoms with Crippen LogP contribution in [0.2, 0.25) is 0 Å². The number of likely N-dealkylation sites (tertiary alicyclic amines) is 1. The van der Waals surface area contributed by atoms with Crippen molar-refractivity contribution in [2.75, 3.05) is 26.7 Å². The van der Waals surface area contributed by atoms with E-state index in [1.807, 2.05) is 44.2 Å². The molecule has 0 aromatic heterocycles. The maximum atomic E-state index is 14.6. The van der Waals surface area contributed by atoms with E-state index in [2.05, 4.69) is 29.1 Å². The highest BCUT2D eigenvalue weighted by molar-refractivity contribution is 9.09. The molecule has 2 bridgehead atoms. The lowest BCUT2D eigenvalue weighted by molar-refractivity contribution is -0.153. The molecule has 3 aliphatic rings. The first-order valence-corrected chi connectivity index (χ1v) is 14.6. The summed E-state index contributed by atoms with van der Waals surface area (Å²) in [7, 11) is 1.69. The van der Waals surface area contributed by atoms with Gasteiger partial charge in [-0.1, -0.05) is 78.7 Å². The summed E-state index contributed by atoms with van der Waals surface area (Å²) < 4.78 is 6.64. The molecule has 3 unspecified atom stereocenters. The number of ether oxygens (including phenoxy) is 1. The van der Waals surface area contributed by atoms with Gasteiger partial charge in [0.05, 0.1) is 30.6 Å². The third-order valence-corrected chi connectivity index (χ3v) is 9.59. The molecule has 39 heavy (non-hydrogen) atoms. The van der Waals surface area contributed by atoms with Crippen molar-refractivity contribution in [3.63, 3.8) is 0 Å². The van der Waals surface area contributed by atoms with Crippen LogP contribution in [0.3, 0.4) is 0 Å². The van der Waals surface area contributed by atoms with E-state index in [1.54, 1.807) is 33.9 Å². The fourth-order valence-corrected chi connectivity index (χ4v) is 7.65. The summed E-state index contributed by atoms with van der Waals surface area (Å²) in [6.07, 6.45) is 3.91. The largest absolute Gasteiger partial charge is 0.394 e. The maximum absolute atomic E-state index is 14.6. The van der Waals surface area contributed by atoms with Crippen molar-refractivity contribution < 1.29 is 24.2 Å². The van der Waals surface area contributed by atoms with Gasteiger partial charge < -0.3 is 24.5 Å². The number of benzene rings is 1. The summed E-state index contributed by atoms with van der Waals surface area (Å²) in [6, 6.07) is 8.11. The number of likely N-dealkylation sites (N-methyl/N-ethyl adjacent to an activating group) is 1. The maximum Gasteiger partial charge on any atom is 0.249 e. The highest BCUT2D eigenvalue weighted by Crippen LogP contribution is 2.61. The van der Waals surface area contributed by atoms with E-state index in [4.69, 9.17) is 4.74 Å². The number of hydrogen-bond acceptors (Lipinski definition) is 5. The lowest BCUT2D eigenvalue weighted by atomic mass is 9.70. The van der Waals surface area contributed by atoms with Gasteiger partial charge in [0.2, 0.25) is 17.7 Å². The van der Waals surface area contributed by atoms with Gasteiger partial charge in [-0.25, -0.2) is 0 Å². The van der Waals surface area contributed by atoms with E-state index in [0.29, 0.717) is 25.9 Å². The number of aliphatic hydroxyl groups excluding tert-OH is 1. The summed E-state index contributed by atoms with van der Waals surface area (Å²) in [5.74, 6) is -2.37. The van der Waals surface area contributed by atoms with Crippen LogP contribution in [-0.2, 0) is 25.7 Å². The van der Waals surface area contributed by atoms with Crippen molar-refractivity contribution in [3.8, 4) is 0 Å². The molecule has 212 valence electrons. The van der Waals surface area contributed by atoms with Crippen molar-refractivity contribution in [2.24, 2.45) is 17.8 Å². The Morgan fingerprint density at radius 2 is 1.90 bits per heavy atom. The molecule has 3 amide bonds. The molecule has 1 spiro atoms. The smallest absolute Gasteiger partial charge is 0.249 e. The molecular formula is C30H40BrN3O5. The van der Waals surface area contributed by atoms with Crippen LogP contribution in [0.15, 0.2) is 55.6 Å². The van der Waals surface area contributed by atoms with Crippen LogP contribution in [0, 0.1) is 17.8 Å². The van der Waals surface area contributed by atoms with Crippen molar-refractivity contribution in [1.29, 1.82) is 0 Å². The summed E-state index contributed by atoms with van der Waals surface area (Å²) in [6.45, 7) is 12.2. The van der Waals surface area contributed by atoms with E-state index in [1.165, 1.54) is 0 Å². The molecule has 3 heterocycles. The topological polar surface area (TPSA) is 90.4 Å². The monoisotopic (exact) mass is 601 g/mol. The Bertz CT molecular complexity index is 1100. The van der Waals surface area contributed by atoms with Crippen LogP contribution in [0.4, 0.5) is 0 Å². The number of carbonyl (C=O) groups is 3. The Kier molecular flexibility index (Phi) is 9.03. The molecule has 0 radical (unpaired) electrons. The number of aliphatic hydroxyl groups is 1. The van der Waals surface area contributed by atoms with E-state index < -0.39 is 35.6 Å². The van der Waals surface area contributed by atoms with Gasteiger partial charge in [0.1, 0.15) is 11.6 Å². The second-order valence-corrected chi connectivity index (χ2v) is 12.2. The molecule has 1 N–H and O–H groups in total. The lowest BCUT2D eigenvalue weighted by Crippen LogP contribution is -2.59. The van der Waals surface area contributed by atoms with Crippen LogP contribution < -0.4 is 0 Å². The Hall–Kier alpha value is -2.49. The Morgan fingerprint density at radius 1 is 1.23 bits per heavy atom. The molecule has 0 aliphatic carbocycles. The summed E-state index contributed by atoms with van der Waals surface area (Å²) >= 11 is 3.72. The molecule has 4 rings (SSSR count). The van der Waals surface area contributed by atoms with E-state index in [-0.39, 0.29) is 41.6 Å². The second-order valence-electron chi connectivity index (χ2n) is 11.0. The van der Waals surface area contributed by atoms with Gasteiger partial charge in [-0.3, -0.25) is 14.4 Å². The van der Waals surface area contributed by atoms with E-state index >= 15 is 0 Å². The second kappa shape index (κ2) is 11.9. The Morgan fingerprint density at radius 3 is 2.49 bits per heavy atom. The molecule has 8 nitrogen and oxygen atoms in total. The van der Waals surface area contributed by atoms with Gasteiger partial charge in [0.25, 0.3) is 0 Å². The first-order chi connectivity index (χ1) is 18.7. The first-order valence-electron chi connectivity index (χ1n) is 13.7. The highest BCUT2D eigenvalue weighted by Gasteiger charge is 2.77. The number of alkyl halides is 1. The molecule has 9 heteroatoms. The van der Waals surface area contributed by atoms with Gasteiger partial charge >= 0.3 is 0 Å². The van der Waals surface area contributed by atoms with Crippen LogP contribution in [0.25, 0.3) is 0 Å². The molecule has 1 aromatic carbocycles. The summed E-state index contributed by atoms with van der Waals surface area (Å²) in [5.41, 5.74) is -0.230. The number of nitrogens with zero attached hydrogens (tertiary/aromatic N) is 3. The van der Waals surface area contributed by atoms with Crippen molar-refractivity contribution in [2.45, 2.75) is 61.8 Å². The van der Waals surface area contributed by atoms with Gasteiger partial charge in [0, 0.05) is 31.5 Å². The van der Waals surface area contributed by atoms with Crippen molar-refractivity contribution in [3.05, 3.63) is 61.2 Å². The van der Waals surface area contributed by atoms with Gasteiger partial charge in [-0.05, 0) is 17.9 Å². The van der Waals surface area contributed by atoms with Gasteiger partial charge in [-0.2, -0.15) is 0 Å². The molecule has 0 saturated carbocycles. The zero-order chi connectivity index (χ0) is 28.5. The minimum absolute atomic E-state index is 0.0685. The Labute approximate surface area is 239 Å². The standard InChI is InChI=1S/C30H40BrN3O5/c1-6-14-32(5)27(36)23-24-28(37)34(22(18-35)19(4)8-3)26(30(24)16-21(31)25(23)39-30)29(38)33(15-7-2)17-20-12-10-9-11-13-20/h6-7,9-13,19,21-26,35H,1-2,8,14-18H2,3-5H3/t19-,21?,22-,23+,24-,25+,26?,30?/m0/s1. The molecule has 1 aromatic rings. The number of fused-ring (bicyclic) bond motifs is 1. The SMILES string of the molecule is C=CCN(C)C(=O)[C@H]1[C@@H]2OC3(CC2Br)C(C(=O)N(CC=C)Cc2ccccc2)N([C@@H](CO)[C@@H](C)CC)C(=O)[C@H]13. The number of halogens is 1. The molecule has 3 fully saturated rings. The number of hydrogen-bond donors (Lipinski definition) is 1. The normalized spacial score (nSPS) is 30.5. The molecule has 3 aliphatic heterocycles. The van der Waals surface area contributed by atoms with Crippen LogP contribution >= 0.6 is 15.9 Å². The summed E-state index contributed by atoms with van der Waals surface area (Å²) in [4.78, 5) is 47.3. The van der Waals surface area contributed by atoms with Gasteiger partial charge in [0.15, 0.2) is 0 Å². The third-order valence-electron chi connectivity index (χ3n) is 8.75. The number of amides is 3. The van der Waals surface area contributed by atoms with Crippen molar-refractivity contribution >= 4 is 33.7 Å². The van der Waals surface area contributed by atoms with Crippen LogP contribution in [0.5, 0.6) is 0 Å². The van der Waals surface area contributed by atoms with Crippen LogP contribution in [-0.4, -0.2) is 92.9 Å². The molecule has 3 saturated heterocycles. The molecule has 8 atom stereocenters. The minimum atomic E-state index is -1.18. The van der Waals surface area contributed by atoms with Crippen molar-refractivity contribution in [1.82, 2.24) is 14.7 Å². The highest BCUT2D eigenvalue weighted by atomic mass is 79.9. The fourth-order valence-electron chi connectivity index (χ4n) is 6.70. The molecular weight excluding hydrogens is 562 g/mol. The predicted octanol–water partition coefficient (Wildman–Crippen LogP) is 3.00. The lowest BCUT2D eigenvalue weighted by Gasteiger charge is -2.41. The quantitative estimate of drug-likeness (QED) is 0.294. The average molecular weight is 603 g/mol. The zero-order valence-electron chi connectivity index (χ0n) is 23.0. The van der Waals surface area contributed by atoms with Gasteiger partial charge in [-0.15, -0.1) is 13.2 Å². The zero-order valence-corrected chi connectivity index (χ0v) is 24.6. The number of carbonyl (C=O) groups excluding carboxylic acids is 3. The van der Waals surface area contributed by atoms with E-state index in [0.717, 1.165) is 5.56 Å².